The number of aromatic nitrogens is 4. The van der Waals surface area contributed by atoms with Crippen molar-refractivity contribution in [3.63, 3.8) is 0 Å². The molecule has 9 heteroatoms. The Balaban J connectivity index is 1.92. The van der Waals surface area contributed by atoms with Crippen LogP contribution in [0, 0.1) is 0 Å². The van der Waals surface area contributed by atoms with Crippen LogP contribution < -0.4 is 15.8 Å². The molecule has 2 heterocycles. The molecule has 9 nitrogen and oxygen atoms in total. The minimum atomic E-state index is -0.420. The first-order chi connectivity index (χ1) is 12.1. The number of aldehydes is 1. The normalized spacial score (nSPS) is 10.4. The number of hydrogen-bond donors (Lipinski definition) is 2. The number of H-pyrrole nitrogens is 1. The molecule has 0 aliphatic rings. The first-order valence-electron chi connectivity index (χ1n) is 7.35. The molecule has 0 atom stereocenters. The molecule has 1 aromatic carbocycles. The Morgan fingerprint density at radius 3 is 2.60 bits per heavy atom. The molecule has 126 valence electrons. The molecule has 2 N–H and O–H groups in total. The zero-order valence-electron chi connectivity index (χ0n) is 13.3. The summed E-state index contributed by atoms with van der Waals surface area (Å²) < 4.78 is 0. The second-order valence-corrected chi connectivity index (χ2v) is 5.14. The molecule has 0 aliphatic carbocycles. The maximum Gasteiger partial charge on any atom is 0.280 e. The average molecular weight is 338 g/mol. The minimum absolute atomic E-state index is 0.0960. The van der Waals surface area contributed by atoms with E-state index in [0.717, 1.165) is 6.29 Å². The van der Waals surface area contributed by atoms with Gasteiger partial charge in [0.1, 0.15) is 6.29 Å². The molecule has 0 unspecified atom stereocenters. The Morgan fingerprint density at radius 1 is 1.20 bits per heavy atom. The maximum absolute atomic E-state index is 12.1. The smallest absolute Gasteiger partial charge is 0.280 e. The topological polar surface area (TPSA) is 121 Å². The number of anilines is 2. The molecule has 25 heavy (non-hydrogen) atoms. The molecular weight excluding hydrogens is 324 g/mol. The highest BCUT2D eigenvalue weighted by molar-refractivity contribution is 5.79. The maximum atomic E-state index is 12.1. The van der Waals surface area contributed by atoms with Crippen molar-refractivity contribution in [3.8, 4) is 0 Å². The van der Waals surface area contributed by atoms with Crippen molar-refractivity contribution < 1.29 is 9.59 Å². The standard InChI is InChI=1S/C16H14N6O3/c1-17-16-20-14-13(15(25)21-16)19-11(6-18-14)7-22(9-24)12-4-2-10(8-23)3-5-12/h2-6,8-9H,7H2,1H3,(H2,17,18,20,21,25). The third-order valence-corrected chi connectivity index (χ3v) is 3.52. The monoisotopic (exact) mass is 338 g/mol. The third-order valence-electron chi connectivity index (χ3n) is 3.52. The van der Waals surface area contributed by atoms with Crippen molar-refractivity contribution in [2.45, 2.75) is 6.54 Å². The van der Waals surface area contributed by atoms with Crippen LogP contribution in [-0.4, -0.2) is 39.7 Å². The zero-order valence-corrected chi connectivity index (χ0v) is 13.3. The number of hydrogen-bond acceptors (Lipinski definition) is 7. The molecule has 0 spiro atoms. The lowest BCUT2D eigenvalue weighted by atomic mass is 10.2. The van der Waals surface area contributed by atoms with Crippen LogP contribution in [0.3, 0.4) is 0 Å². The summed E-state index contributed by atoms with van der Waals surface area (Å²) in [7, 11) is 1.63. The Kier molecular flexibility index (Phi) is 4.46. The first-order valence-corrected chi connectivity index (χ1v) is 7.35. The van der Waals surface area contributed by atoms with Crippen molar-refractivity contribution >= 4 is 35.5 Å². The van der Waals surface area contributed by atoms with Crippen LogP contribution in [0.15, 0.2) is 35.3 Å². The minimum Gasteiger partial charge on any atom is -0.359 e. The zero-order chi connectivity index (χ0) is 17.8. The van der Waals surface area contributed by atoms with Gasteiger partial charge in [-0.3, -0.25) is 19.4 Å². The van der Waals surface area contributed by atoms with E-state index >= 15 is 0 Å². The molecular formula is C16H14N6O3. The molecule has 0 saturated heterocycles. The molecule has 0 radical (unpaired) electrons. The van der Waals surface area contributed by atoms with E-state index in [9.17, 15) is 14.4 Å². The van der Waals surface area contributed by atoms with Crippen molar-refractivity contribution in [1.29, 1.82) is 0 Å². The number of nitrogens with zero attached hydrogens (tertiary/aromatic N) is 4. The SMILES string of the molecule is CNc1nc2ncc(CN(C=O)c3ccc(C=O)cc3)nc2c(=O)[nH]1. The number of amides is 1. The third kappa shape index (κ3) is 3.34. The van der Waals surface area contributed by atoms with Gasteiger partial charge >= 0.3 is 0 Å². The summed E-state index contributed by atoms with van der Waals surface area (Å²) in [4.78, 5) is 50.6. The van der Waals surface area contributed by atoms with Gasteiger partial charge in [0.15, 0.2) is 11.2 Å². The average Bonchev–Trinajstić information content (AvgIpc) is 2.66. The number of rotatable bonds is 6. The molecule has 2 aromatic heterocycles. The molecule has 0 aliphatic heterocycles. The van der Waals surface area contributed by atoms with Gasteiger partial charge in [0.2, 0.25) is 12.4 Å². The van der Waals surface area contributed by atoms with Gasteiger partial charge in [0, 0.05) is 18.3 Å². The summed E-state index contributed by atoms with van der Waals surface area (Å²) in [5.74, 6) is 0.296. The van der Waals surface area contributed by atoms with E-state index in [-0.39, 0.29) is 17.7 Å². The van der Waals surface area contributed by atoms with Crippen molar-refractivity contribution in [3.05, 3.63) is 52.1 Å². The fraction of sp³-hybridized carbons (Fsp3) is 0.125. The molecule has 3 rings (SSSR count). The Labute approximate surface area is 141 Å². The fourth-order valence-electron chi connectivity index (χ4n) is 2.26. The van der Waals surface area contributed by atoms with Crippen LogP contribution in [0.2, 0.25) is 0 Å². The number of fused-ring (bicyclic) bond motifs is 1. The van der Waals surface area contributed by atoms with Crippen LogP contribution in [0.1, 0.15) is 16.1 Å². The van der Waals surface area contributed by atoms with Gasteiger partial charge in [-0.25, -0.2) is 9.97 Å². The lowest BCUT2D eigenvalue weighted by molar-refractivity contribution is -0.107. The first kappa shape index (κ1) is 16.2. The van der Waals surface area contributed by atoms with Gasteiger partial charge in [0.05, 0.1) is 18.4 Å². The van der Waals surface area contributed by atoms with E-state index in [4.69, 9.17) is 0 Å². The van der Waals surface area contributed by atoms with E-state index < -0.39 is 5.56 Å². The highest BCUT2D eigenvalue weighted by Crippen LogP contribution is 2.16. The predicted octanol–water partition coefficient (Wildman–Crippen LogP) is 0.730. The van der Waals surface area contributed by atoms with E-state index in [0.29, 0.717) is 29.3 Å². The molecule has 1 amide bonds. The summed E-state index contributed by atoms with van der Waals surface area (Å²) in [5.41, 5.74) is 1.43. The van der Waals surface area contributed by atoms with Gasteiger partial charge < -0.3 is 10.2 Å². The van der Waals surface area contributed by atoms with Crippen LogP contribution in [0.5, 0.6) is 0 Å². The van der Waals surface area contributed by atoms with Gasteiger partial charge in [-0.15, -0.1) is 0 Å². The Morgan fingerprint density at radius 2 is 1.96 bits per heavy atom. The summed E-state index contributed by atoms with van der Waals surface area (Å²) in [6.45, 7) is 0.125. The molecule has 3 aromatic rings. The van der Waals surface area contributed by atoms with Gasteiger partial charge in [-0.2, -0.15) is 4.98 Å². The Hall–Kier alpha value is -3.62. The van der Waals surface area contributed by atoms with E-state index in [1.807, 2.05) is 0 Å². The van der Waals surface area contributed by atoms with Crippen LogP contribution in [0.25, 0.3) is 11.2 Å². The quantitative estimate of drug-likeness (QED) is 0.635. The van der Waals surface area contributed by atoms with Gasteiger partial charge in [0.25, 0.3) is 5.56 Å². The lowest BCUT2D eigenvalue weighted by Gasteiger charge is -2.17. The number of aromatic amines is 1. The summed E-state index contributed by atoms with van der Waals surface area (Å²) in [5, 5.41) is 2.73. The second kappa shape index (κ2) is 6.87. The molecule has 0 bridgehead atoms. The van der Waals surface area contributed by atoms with Crippen molar-refractivity contribution in [1.82, 2.24) is 19.9 Å². The number of nitrogens with one attached hydrogen (secondary N) is 2. The number of carbonyl (C=O) groups is 2. The van der Waals surface area contributed by atoms with Crippen LogP contribution in [0.4, 0.5) is 11.6 Å². The summed E-state index contributed by atoms with van der Waals surface area (Å²) in [6, 6.07) is 6.53. The van der Waals surface area contributed by atoms with Crippen molar-refractivity contribution in [2.75, 3.05) is 17.3 Å². The lowest BCUT2D eigenvalue weighted by Crippen LogP contribution is -2.22. The van der Waals surface area contributed by atoms with E-state index in [1.165, 1.54) is 11.1 Å². The predicted molar refractivity (Wildman–Crippen MR) is 91.6 cm³/mol. The molecule has 0 fully saturated rings. The van der Waals surface area contributed by atoms with E-state index in [2.05, 4.69) is 25.3 Å². The fourth-order valence-corrected chi connectivity index (χ4v) is 2.26. The van der Waals surface area contributed by atoms with Gasteiger partial charge in [-0.1, -0.05) is 0 Å². The second-order valence-electron chi connectivity index (χ2n) is 5.14. The summed E-state index contributed by atoms with van der Waals surface area (Å²) in [6.07, 6.45) is 2.83. The van der Waals surface area contributed by atoms with Crippen LogP contribution >= 0.6 is 0 Å². The largest absolute Gasteiger partial charge is 0.359 e. The van der Waals surface area contributed by atoms with Crippen molar-refractivity contribution in [2.24, 2.45) is 0 Å². The van der Waals surface area contributed by atoms with Crippen LogP contribution in [-0.2, 0) is 11.3 Å². The summed E-state index contributed by atoms with van der Waals surface area (Å²) >= 11 is 0. The van der Waals surface area contributed by atoms with E-state index in [1.54, 1.807) is 31.3 Å². The highest BCUT2D eigenvalue weighted by atomic mass is 16.1. The molecule has 0 saturated carbocycles. The Bertz CT molecular complexity index is 983. The van der Waals surface area contributed by atoms with Gasteiger partial charge in [-0.05, 0) is 24.3 Å². The number of carbonyl (C=O) groups excluding carboxylic acids is 2. The number of benzene rings is 1. The highest BCUT2D eigenvalue weighted by Gasteiger charge is 2.11.